The molecular weight excluding hydrogens is 358 g/mol. The molecule has 3 rings (SSSR count). The van der Waals surface area contributed by atoms with Crippen molar-refractivity contribution in [3.05, 3.63) is 58.1 Å². The van der Waals surface area contributed by atoms with Crippen LogP contribution in [0, 0.1) is 0 Å². The van der Waals surface area contributed by atoms with Gasteiger partial charge in [0.1, 0.15) is 0 Å². The summed E-state index contributed by atoms with van der Waals surface area (Å²) >= 11 is 1.66. The summed E-state index contributed by atoms with van der Waals surface area (Å²) in [5.74, 6) is 1.53. The summed E-state index contributed by atoms with van der Waals surface area (Å²) in [6, 6.07) is 12.3. The van der Waals surface area contributed by atoms with Crippen molar-refractivity contribution in [2.75, 3.05) is 0 Å². The van der Waals surface area contributed by atoms with Gasteiger partial charge in [-0.3, -0.25) is 4.79 Å². The van der Waals surface area contributed by atoms with Gasteiger partial charge in [-0.25, -0.2) is 0 Å². The first-order chi connectivity index (χ1) is 13.1. The monoisotopic (exact) mass is 383 g/mol. The lowest BCUT2D eigenvalue weighted by atomic mass is 10.0. The molecule has 0 bridgehead atoms. The van der Waals surface area contributed by atoms with Gasteiger partial charge in [-0.1, -0.05) is 56.3 Å². The highest BCUT2D eigenvalue weighted by molar-refractivity contribution is 7.10. The van der Waals surface area contributed by atoms with Crippen molar-refractivity contribution in [1.29, 1.82) is 0 Å². The molecule has 0 radical (unpaired) electrons. The molecule has 1 unspecified atom stereocenters. The first-order valence-electron chi connectivity index (χ1n) is 9.32. The Morgan fingerprint density at radius 3 is 2.63 bits per heavy atom. The highest BCUT2D eigenvalue weighted by atomic mass is 32.1. The second-order valence-electron chi connectivity index (χ2n) is 6.83. The van der Waals surface area contributed by atoms with E-state index in [1.807, 2.05) is 29.6 Å². The van der Waals surface area contributed by atoms with Crippen LogP contribution in [0.3, 0.4) is 0 Å². The predicted octanol–water partition coefficient (Wildman–Crippen LogP) is 5.12. The number of aromatic nitrogens is 2. The highest BCUT2D eigenvalue weighted by Gasteiger charge is 2.15. The Morgan fingerprint density at radius 1 is 1.22 bits per heavy atom. The van der Waals surface area contributed by atoms with Gasteiger partial charge < -0.3 is 9.84 Å². The van der Waals surface area contributed by atoms with Crippen LogP contribution in [0.1, 0.15) is 61.9 Å². The quantitative estimate of drug-likeness (QED) is 0.586. The molecule has 5 nitrogen and oxygen atoms in total. The molecule has 6 heteroatoms. The van der Waals surface area contributed by atoms with Gasteiger partial charge in [0.15, 0.2) is 0 Å². The molecule has 0 saturated carbocycles. The van der Waals surface area contributed by atoms with E-state index < -0.39 is 0 Å². The Kier molecular flexibility index (Phi) is 6.40. The predicted molar refractivity (Wildman–Crippen MR) is 108 cm³/mol. The van der Waals surface area contributed by atoms with Crippen molar-refractivity contribution < 1.29 is 9.32 Å². The molecule has 0 aliphatic carbocycles. The maximum absolute atomic E-state index is 12.3. The normalized spacial score (nSPS) is 12.3. The summed E-state index contributed by atoms with van der Waals surface area (Å²) in [6.07, 6.45) is 1.63. The molecule has 0 aliphatic rings. The Hall–Kier alpha value is -2.47. The van der Waals surface area contributed by atoms with E-state index in [0.717, 1.165) is 12.0 Å². The van der Waals surface area contributed by atoms with Crippen LogP contribution in [-0.4, -0.2) is 16.0 Å². The third-order valence-corrected chi connectivity index (χ3v) is 5.49. The molecule has 142 valence electrons. The molecular formula is C21H25N3O2S. The van der Waals surface area contributed by atoms with Gasteiger partial charge in [0.25, 0.3) is 0 Å². The molecule has 0 fully saturated rings. The number of hydrogen-bond acceptors (Lipinski definition) is 5. The van der Waals surface area contributed by atoms with E-state index in [4.69, 9.17) is 4.52 Å². The summed E-state index contributed by atoms with van der Waals surface area (Å²) in [4.78, 5) is 17.9. The zero-order valence-corrected chi connectivity index (χ0v) is 16.8. The van der Waals surface area contributed by atoms with Gasteiger partial charge in [0, 0.05) is 23.3 Å². The van der Waals surface area contributed by atoms with Crippen LogP contribution in [-0.2, 0) is 11.2 Å². The van der Waals surface area contributed by atoms with E-state index in [0.29, 0.717) is 30.5 Å². The molecule has 1 atom stereocenters. The van der Waals surface area contributed by atoms with Crippen molar-refractivity contribution in [2.45, 2.75) is 52.0 Å². The summed E-state index contributed by atoms with van der Waals surface area (Å²) in [5.41, 5.74) is 2.19. The topological polar surface area (TPSA) is 68.0 Å². The summed E-state index contributed by atoms with van der Waals surface area (Å²) in [7, 11) is 0. The van der Waals surface area contributed by atoms with Crippen molar-refractivity contribution in [3.63, 3.8) is 0 Å². The highest BCUT2D eigenvalue weighted by Crippen LogP contribution is 2.22. The average Bonchev–Trinajstić information content (AvgIpc) is 3.36. The van der Waals surface area contributed by atoms with Gasteiger partial charge in [-0.05, 0) is 29.3 Å². The number of amides is 1. The zero-order valence-electron chi connectivity index (χ0n) is 15.9. The maximum atomic E-state index is 12.3. The van der Waals surface area contributed by atoms with Crippen LogP contribution < -0.4 is 5.32 Å². The van der Waals surface area contributed by atoms with Crippen LogP contribution in [0.4, 0.5) is 0 Å². The standard InChI is InChI=1S/C21H25N3O2S/c1-4-17(18-6-5-13-27-18)22-19(25)11-12-20-23-21(24-26-20)16-9-7-15(8-10-16)14(2)3/h5-10,13-14,17H,4,11-12H2,1-3H3,(H,22,25). The first-order valence-corrected chi connectivity index (χ1v) is 10.2. The van der Waals surface area contributed by atoms with Crippen LogP contribution in [0.2, 0.25) is 0 Å². The number of nitrogens with zero attached hydrogens (tertiary/aromatic N) is 2. The number of thiophene rings is 1. The smallest absolute Gasteiger partial charge is 0.227 e. The molecule has 1 amide bonds. The SMILES string of the molecule is CCC(NC(=O)CCc1nc(-c2ccc(C(C)C)cc2)no1)c1cccs1. The Labute approximate surface area is 163 Å². The Balaban J connectivity index is 1.55. The summed E-state index contributed by atoms with van der Waals surface area (Å²) < 4.78 is 5.31. The molecule has 0 saturated heterocycles. The van der Waals surface area contributed by atoms with Gasteiger partial charge in [0.05, 0.1) is 6.04 Å². The van der Waals surface area contributed by atoms with Crippen molar-refractivity contribution >= 4 is 17.2 Å². The van der Waals surface area contributed by atoms with E-state index in [1.165, 1.54) is 10.4 Å². The van der Waals surface area contributed by atoms with E-state index in [1.54, 1.807) is 11.3 Å². The fourth-order valence-corrected chi connectivity index (χ4v) is 3.70. The van der Waals surface area contributed by atoms with Crippen LogP contribution >= 0.6 is 11.3 Å². The second-order valence-corrected chi connectivity index (χ2v) is 7.81. The molecule has 3 aromatic rings. The minimum atomic E-state index is -0.00344. The lowest BCUT2D eigenvalue weighted by molar-refractivity contribution is -0.121. The number of hydrogen-bond donors (Lipinski definition) is 1. The van der Waals surface area contributed by atoms with Crippen molar-refractivity contribution in [2.24, 2.45) is 0 Å². The second kappa shape index (κ2) is 8.95. The van der Waals surface area contributed by atoms with E-state index in [-0.39, 0.29) is 11.9 Å². The lowest BCUT2D eigenvalue weighted by Gasteiger charge is -2.15. The number of aryl methyl sites for hydroxylation is 1. The van der Waals surface area contributed by atoms with E-state index in [2.05, 4.69) is 48.4 Å². The minimum Gasteiger partial charge on any atom is -0.348 e. The van der Waals surface area contributed by atoms with E-state index >= 15 is 0 Å². The van der Waals surface area contributed by atoms with Crippen molar-refractivity contribution in [3.8, 4) is 11.4 Å². The maximum Gasteiger partial charge on any atom is 0.227 e. The summed E-state index contributed by atoms with van der Waals surface area (Å²) in [6.45, 7) is 6.39. The number of carbonyl (C=O) groups is 1. The average molecular weight is 384 g/mol. The van der Waals surface area contributed by atoms with Crippen molar-refractivity contribution in [1.82, 2.24) is 15.5 Å². The fourth-order valence-electron chi connectivity index (χ4n) is 2.84. The molecule has 1 N–H and O–H groups in total. The zero-order chi connectivity index (χ0) is 19.2. The lowest BCUT2D eigenvalue weighted by Crippen LogP contribution is -2.27. The summed E-state index contributed by atoms with van der Waals surface area (Å²) in [5, 5.41) is 9.14. The van der Waals surface area contributed by atoms with Gasteiger partial charge in [-0.15, -0.1) is 11.3 Å². The number of nitrogens with one attached hydrogen (secondary N) is 1. The number of carbonyl (C=O) groups excluding carboxylic acids is 1. The molecule has 0 aliphatic heterocycles. The van der Waals surface area contributed by atoms with Crippen LogP contribution in [0.5, 0.6) is 0 Å². The minimum absolute atomic E-state index is 0.00344. The largest absolute Gasteiger partial charge is 0.348 e. The van der Waals surface area contributed by atoms with E-state index in [9.17, 15) is 4.79 Å². The van der Waals surface area contributed by atoms with Gasteiger partial charge in [-0.2, -0.15) is 4.98 Å². The molecule has 0 spiro atoms. The first kappa shape index (κ1) is 19.3. The third-order valence-electron chi connectivity index (χ3n) is 4.50. The van der Waals surface area contributed by atoms with Crippen LogP contribution in [0.15, 0.2) is 46.3 Å². The van der Waals surface area contributed by atoms with Gasteiger partial charge >= 0.3 is 0 Å². The molecule has 2 heterocycles. The third kappa shape index (κ3) is 5.04. The molecule has 27 heavy (non-hydrogen) atoms. The van der Waals surface area contributed by atoms with Gasteiger partial charge in [0.2, 0.25) is 17.6 Å². The molecule has 1 aromatic carbocycles. The Bertz CT molecular complexity index is 854. The Morgan fingerprint density at radius 2 is 2.00 bits per heavy atom. The number of rotatable bonds is 8. The number of benzene rings is 1. The van der Waals surface area contributed by atoms with Crippen LogP contribution in [0.25, 0.3) is 11.4 Å². The fraction of sp³-hybridized carbons (Fsp3) is 0.381. The molecule has 2 aromatic heterocycles.